The molecule has 0 saturated heterocycles. The summed E-state index contributed by atoms with van der Waals surface area (Å²) in [6.45, 7) is 9.42. The summed E-state index contributed by atoms with van der Waals surface area (Å²) in [6, 6.07) is 20.1. The van der Waals surface area contributed by atoms with Gasteiger partial charge in [-0.05, 0) is 23.1 Å². The van der Waals surface area contributed by atoms with Gasteiger partial charge in [0.15, 0.2) is 0 Å². The second-order valence-corrected chi connectivity index (χ2v) is 4.68. The lowest BCUT2D eigenvalue weighted by molar-refractivity contribution is 1.13. The summed E-state index contributed by atoms with van der Waals surface area (Å²) >= 11 is 0. The Bertz CT molecular complexity index is 558. The highest BCUT2D eigenvalue weighted by Gasteiger charge is 1.89. The van der Waals surface area contributed by atoms with Crippen LogP contribution in [0.2, 0.25) is 0 Å². The maximum absolute atomic E-state index is 3.63. The Morgan fingerprint density at radius 3 is 1.32 bits per heavy atom. The zero-order chi connectivity index (χ0) is 16.0. The highest BCUT2D eigenvalue weighted by atomic mass is 14.0. The molecule has 0 spiro atoms. The second-order valence-electron chi connectivity index (χ2n) is 4.68. The predicted octanol–water partition coefficient (Wildman–Crippen LogP) is 6.55. The van der Waals surface area contributed by atoms with Gasteiger partial charge in [-0.3, -0.25) is 0 Å². The van der Waals surface area contributed by atoms with Gasteiger partial charge in [-0.15, -0.1) is 0 Å². The van der Waals surface area contributed by atoms with Crippen LogP contribution in [0.15, 0.2) is 97.6 Å². The fraction of sp³-hybridized carbons (Fsp3) is 0.0909. The third-order valence-corrected chi connectivity index (χ3v) is 3.10. The number of benzene rings is 2. The van der Waals surface area contributed by atoms with Gasteiger partial charge in [0.05, 0.1) is 0 Å². The van der Waals surface area contributed by atoms with Gasteiger partial charge in [-0.1, -0.05) is 111 Å². The first-order valence-corrected chi connectivity index (χ1v) is 7.52. The van der Waals surface area contributed by atoms with E-state index in [9.17, 15) is 0 Å². The van der Waals surface area contributed by atoms with Crippen molar-refractivity contribution in [3.8, 4) is 0 Å². The van der Waals surface area contributed by atoms with Gasteiger partial charge < -0.3 is 0 Å². The van der Waals surface area contributed by atoms with Crippen LogP contribution in [0.25, 0.3) is 12.2 Å². The van der Waals surface area contributed by atoms with E-state index in [-0.39, 0.29) is 0 Å². The van der Waals surface area contributed by atoms with Crippen molar-refractivity contribution in [3.05, 3.63) is 109 Å². The first-order valence-electron chi connectivity index (χ1n) is 7.52. The van der Waals surface area contributed by atoms with Gasteiger partial charge in [-0.2, -0.15) is 0 Å². The Balaban J connectivity index is 0.000000167. The van der Waals surface area contributed by atoms with Gasteiger partial charge in [0, 0.05) is 0 Å². The summed E-state index contributed by atoms with van der Waals surface area (Å²) in [5.74, 6) is 0. The summed E-state index contributed by atoms with van der Waals surface area (Å²) < 4.78 is 0. The monoisotopic (exact) mass is 288 g/mol. The lowest BCUT2D eigenvalue weighted by Gasteiger charge is -1.99. The first kappa shape index (κ1) is 17.5. The third-order valence-electron chi connectivity index (χ3n) is 3.10. The van der Waals surface area contributed by atoms with Gasteiger partial charge in [0.1, 0.15) is 0 Å². The van der Waals surface area contributed by atoms with Crippen molar-refractivity contribution >= 4 is 12.2 Å². The van der Waals surface area contributed by atoms with Crippen molar-refractivity contribution in [1.29, 1.82) is 0 Å². The first-order chi connectivity index (χ1) is 10.8. The molecule has 0 fully saturated rings. The standard InChI is InChI=1S/2C8H8.C6H8/c2*1-2-8-6-4-3-5-7-8;1-2-6-4-3-5-6/h2*2-7H,1H2;3-5H,2H2,1H3. The Morgan fingerprint density at radius 1 is 0.773 bits per heavy atom. The molecule has 0 bridgehead atoms. The van der Waals surface area contributed by atoms with Gasteiger partial charge in [0.2, 0.25) is 0 Å². The number of hydrogen-bond donors (Lipinski definition) is 0. The molecule has 0 heterocycles. The molecule has 0 amide bonds. The molecule has 22 heavy (non-hydrogen) atoms. The molecular formula is C22H24. The normalized spacial score (nSPS) is 10.7. The van der Waals surface area contributed by atoms with Crippen LogP contribution in [-0.4, -0.2) is 0 Å². The SMILES string of the molecule is C=Cc1ccccc1.C=Cc1ccccc1.CCC1=CC=C1. The minimum Gasteiger partial charge on any atom is -0.0985 e. The van der Waals surface area contributed by atoms with Crippen LogP contribution in [0.1, 0.15) is 24.5 Å². The zero-order valence-corrected chi connectivity index (χ0v) is 13.3. The van der Waals surface area contributed by atoms with Crippen LogP contribution >= 0.6 is 0 Å². The maximum Gasteiger partial charge on any atom is -0.0263 e. The van der Waals surface area contributed by atoms with Crippen molar-refractivity contribution in [1.82, 2.24) is 0 Å². The summed E-state index contributed by atoms with van der Waals surface area (Å²) in [4.78, 5) is 0. The van der Waals surface area contributed by atoms with E-state index in [0.29, 0.717) is 0 Å². The predicted molar refractivity (Wildman–Crippen MR) is 101 cm³/mol. The van der Waals surface area contributed by atoms with Crippen LogP contribution in [0.3, 0.4) is 0 Å². The lowest BCUT2D eigenvalue weighted by Crippen LogP contribution is -1.78. The fourth-order valence-corrected chi connectivity index (χ4v) is 1.65. The van der Waals surface area contributed by atoms with Crippen LogP contribution < -0.4 is 0 Å². The quantitative estimate of drug-likeness (QED) is 0.600. The number of rotatable bonds is 3. The minimum absolute atomic E-state index is 1.17. The van der Waals surface area contributed by atoms with Crippen LogP contribution in [0.5, 0.6) is 0 Å². The molecule has 1 aliphatic carbocycles. The minimum atomic E-state index is 1.17. The molecule has 2 aromatic carbocycles. The van der Waals surface area contributed by atoms with Crippen LogP contribution in [-0.2, 0) is 0 Å². The second kappa shape index (κ2) is 11.1. The van der Waals surface area contributed by atoms with E-state index in [1.165, 1.54) is 23.1 Å². The molecule has 0 atom stereocenters. The summed E-state index contributed by atoms with van der Waals surface area (Å²) in [5.41, 5.74) is 3.81. The molecule has 3 rings (SSSR count). The maximum atomic E-state index is 3.63. The zero-order valence-electron chi connectivity index (χ0n) is 13.3. The Hall–Kier alpha value is -2.60. The van der Waals surface area contributed by atoms with E-state index in [0.717, 1.165) is 0 Å². The van der Waals surface area contributed by atoms with Crippen molar-refractivity contribution < 1.29 is 0 Å². The smallest absolute Gasteiger partial charge is 0.0263 e. The average molecular weight is 288 g/mol. The fourth-order valence-electron chi connectivity index (χ4n) is 1.65. The molecule has 0 heteroatoms. The molecule has 0 aliphatic heterocycles. The van der Waals surface area contributed by atoms with Crippen molar-refractivity contribution in [2.24, 2.45) is 0 Å². The van der Waals surface area contributed by atoms with E-state index in [1.54, 1.807) is 0 Å². The van der Waals surface area contributed by atoms with Crippen LogP contribution in [0.4, 0.5) is 0 Å². The van der Waals surface area contributed by atoms with Gasteiger partial charge in [0.25, 0.3) is 0 Å². The summed E-state index contributed by atoms with van der Waals surface area (Å²) in [6.07, 6.45) is 11.2. The number of allylic oxidation sites excluding steroid dienone is 4. The lowest BCUT2D eigenvalue weighted by atomic mass is 10.1. The molecule has 112 valence electrons. The van der Waals surface area contributed by atoms with E-state index < -0.39 is 0 Å². The molecule has 1 aliphatic rings. The van der Waals surface area contributed by atoms with E-state index in [1.807, 2.05) is 72.8 Å². The van der Waals surface area contributed by atoms with Crippen LogP contribution in [0, 0.1) is 0 Å². The van der Waals surface area contributed by atoms with E-state index in [4.69, 9.17) is 0 Å². The van der Waals surface area contributed by atoms with Crippen molar-refractivity contribution in [2.75, 3.05) is 0 Å². The largest absolute Gasteiger partial charge is 0.0985 e. The third kappa shape index (κ3) is 7.25. The molecular weight excluding hydrogens is 264 g/mol. The Labute approximate surface area is 134 Å². The number of hydrogen-bond acceptors (Lipinski definition) is 0. The molecule has 0 aromatic heterocycles. The molecule has 0 unspecified atom stereocenters. The average Bonchev–Trinajstić information content (AvgIpc) is 2.56. The highest BCUT2D eigenvalue weighted by Crippen LogP contribution is 2.09. The summed E-state index contributed by atoms with van der Waals surface area (Å²) in [5, 5.41) is 0. The summed E-state index contributed by atoms with van der Waals surface area (Å²) in [7, 11) is 0. The van der Waals surface area contributed by atoms with Gasteiger partial charge in [-0.25, -0.2) is 0 Å². The van der Waals surface area contributed by atoms with E-state index >= 15 is 0 Å². The topological polar surface area (TPSA) is 0 Å². The highest BCUT2D eigenvalue weighted by molar-refractivity contribution is 5.46. The molecule has 2 aromatic rings. The van der Waals surface area contributed by atoms with Crippen molar-refractivity contribution in [3.63, 3.8) is 0 Å². The van der Waals surface area contributed by atoms with Crippen molar-refractivity contribution in [2.45, 2.75) is 13.3 Å². The molecule has 0 nitrogen and oxygen atoms in total. The molecule has 0 saturated carbocycles. The Kier molecular flexibility index (Phi) is 8.81. The van der Waals surface area contributed by atoms with Gasteiger partial charge >= 0.3 is 0 Å². The Morgan fingerprint density at radius 2 is 1.18 bits per heavy atom. The van der Waals surface area contributed by atoms with E-state index in [2.05, 4.69) is 38.3 Å². The molecule has 0 N–H and O–H groups in total. The molecule has 0 radical (unpaired) electrons.